The summed E-state index contributed by atoms with van der Waals surface area (Å²) in [5, 5.41) is 11.7. The fourth-order valence-electron chi connectivity index (χ4n) is 5.14. The second kappa shape index (κ2) is 12.7. The molecule has 0 bridgehead atoms. The predicted octanol–water partition coefficient (Wildman–Crippen LogP) is 5.58. The van der Waals surface area contributed by atoms with Crippen LogP contribution in [-0.2, 0) is 19.7 Å². The SMILES string of the molecule is O=[N+]([O-])c1cn2c(n1)O[C@H](COc1ccc(N3CCN(Cc4ccc(COc5ccc(Cl)cc5)cc4)CC3)cc1)CC2. The van der Waals surface area contributed by atoms with Crippen molar-refractivity contribution in [2.45, 2.75) is 32.2 Å². The van der Waals surface area contributed by atoms with Crippen LogP contribution in [0.2, 0.25) is 5.02 Å². The highest BCUT2D eigenvalue weighted by atomic mass is 35.5. The Hall–Kier alpha value is -4.28. The van der Waals surface area contributed by atoms with Crippen LogP contribution in [0.3, 0.4) is 0 Å². The van der Waals surface area contributed by atoms with Crippen molar-refractivity contribution >= 4 is 23.1 Å². The van der Waals surface area contributed by atoms with Gasteiger partial charge in [0.2, 0.25) is 0 Å². The lowest BCUT2D eigenvalue weighted by Gasteiger charge is -2.36. The van der Waals surface area contributed by atoms with Crippen LogP contribution in [0.4, 0.5) is 11.5 Å². The number of nitro groups is 1. The van der Waals surface area contributed by atoms with E-state index in [4.69, 9.17) is 25.8 Å². The fraction of sp³-hybridized carbons (Fsp3) is 0.323. The van der Waals surface area contributed by atoms with Crippen LogP contribution in [0.15, 0.2) is 79.0 Å². The number of imidazole rings is 1. The average molecular weight is 590 g/mol. The van der Waals surface area contributed by atoms with Gasteiger partial charge in [-0.15, -0.1) is 0 Å². The first-order valence-electron chi connectivity index (χ1n) is 14.0. The summed E-state index contributed by atoms with van der Waals surface area (Å²) >= 11 is 5.94. The number of aryl methyl sites for hydroxylation is 1. The lowest BCUT2D eigenvalue weighted by atomic mass is 10.1. The Kier molecular flexibility index (Phi) is 8.43. The predicted molar refractivity (Wildman–Crippen MR) is 160 cm³/mol. The summed E-state index contributed by atoms with van der Waals surface area (Å²) in [5.41, 5.74) is 3.61. The van der Waals surface area contributed by atoms with Crippen molar-refractivity contribution in [1.82, 2.24) is 14.5 Å². The molecule has 2 aliphatic rings. The van der Waals surface area contributed by atoms with Crippen LogP contribution in [0.25, 0.3) is 0 Å². The van der Waals surface area contributed by atoms with Gasteiger partial charge in [-0.1, -0.05) is 35.9 Å². The van der Waals surface area contributed by atoms with Gasteiger partial charge in [-0.3, -0.25) is 9.47 Å². The number of piperazine rings is 1. The summed E-state index contributed by atoms with van der Waals surface area (Å²) in [6, 6.07) is 24.5. The van der Waals surface area contributed by atoms with Gasteiger partial charge >= 0.3 is 11.8 Å². The molecule has 0 N–H and O–H groups in total. The second-order valence-electron chi connectivity index (χ2n) is 10.5. The molecule has 0 saturated carbocycles. The molecular weight excluding hydrogens is 558 g/mol. The largest absolute Gasteiger partial charge is 0.490 e. The minimum atomic E-state index is -0.512. The van der Waals surface area contributed by atoms with Crippen LogP contribution in [0, 0.1) is 10.1 Å². The highest BCUT2D eigenvalue weighted by Gasteiger charge is 2.28. The highest BCUT2D eigenvalue weighted by molar-refractivity contribution is 6.30. The Labute approximate surface area is 249 Å². The van der Waals surface area contributed by atoms with Crippen molar-refractivity contribution in [1.29, 1.82) is 0 Å². The maximum Gasteiger partial charge on any atom is 0.414 e. The van der Waals surface area contributed by atoms with Gasteiger partial charge in [-0.2, -0.15) is 0 Å². The third-order valence-electron chi connectivity index (χ3n) is 7.54. The van der Waals surface area contributed by atoms with Crippen LogP contribution in [-0.4, -0.2) is 58.3 Å². The van der Waals surface area contributed by atoms with E-state index in [2.05, 4.69) is 51.2 Å². The maximum absolute atomic E-state index is 11.0. The molecule has 218 valence electrons. The molecule has 0 aliphatic carbocycles. The van der Waals surface area contributed by atoms with Gasteiger partial charge in [0, 0.05) is 61.4 Å². The van der Waals surface area contributed by atoms with Crippen molar-refractivity contribution in [3.05, 3.63) is 105 Å². The molecule has 0 radical (unpaired) electrons. The molecule has 1 saturated heterocycles. The number of ether oxygens (including phenoxy) is 3. The minimum Gasteiger partial charge on any atom is -0.490 e. The van der Waals surface area contributed by atoms with Crippen molar-refractivity contribution in [2.24, 2.45) is 0 Å². The number of halogens is 1. The first kappa shape index (κ1) is 27.9. The van der Waals surface area contributed by atoms with E-state index in [1.165, 1.54) is 17.4 Å². The van der Waals surface area contributed by atoms with Crippen molar-refractivity contribution in [3.63, 3.8) is 0 Å². The Morgan fingerprint density at radius 2 is 1.55 bits per heavy atom. The normalized spacial score (nSPS) is 16.9. The van der Waals surface area contributed by atoms with Crippen LogP contribution in [0.1, 0.15) is 17.5 Å². The van der Waals surface area contributed by atoms with Gasteiger partial charge in [-0.25, -0.2) is 0 Å². The zero-order valence-corrected chi connectivity index (χ0v) is 23.9. The molecule has 4 aromatic rings. The molecule has 10 nitrogen and oxygen atoms in total. The molecule has 2 aliphatic heterocycles. The minimum absolute atomic E-state index is 0.200. The lowest BCUT2D eigenvalue weighted by Crippen LogP contribution is -2.45. The Bertz CT molecular complexity index is 1490. The van der Waals surface area contributed by atoms with Gasteiger partial charge in [0.25, 0.3) is 0 Å². The number of benzene rings is 3. The number of fused-ring (bicyclic) bond motifs is 1. The Morgan fingerprint density at radius 3 is 2.26 bits per heavy atom. The van der Waals surface area contributed by atoms with Crippen LogP contribution in [0.5, 0.6) is 17.5 Å². The summed E-state index contributed by atoms with van der Waals surface area (Å²) in [4.78, 5) is 19.3. The molecular formula is C31H32ClN5O5. The summed E-state index contributed by atoms with van der Waals surface area (Å²) in [6.07, 6.45) is 1.90. The molecule has 0 unspecified atom stereocenters. The van der Waals surface area contributed by atoms with Crippen LogP contribution >= 0.6 is 11.6 Å². The zero-order chi connectivity index (χ0) is 28.9. The van der Waals surface area contributed by atoms with E-state index in [1.807, 2.05) is 36.4 Å². The molecule has 42 heavy (non-hydrogen) atoms. The first-order valence-corrected chi connectivity index (χ1v) is 14.4. The molecule has 6 rings (SSSR count). The molecule has 1 aromatic heterocycles. The van der Waals surface area contributed by atoms with Gasteiger partial charge in [-0.05, 0) is 64.6 Å². The van der Waals surface area contributed by atoms with E-state index < -0.39 is 4.92 Å². The fourth-order valence-corrected chi connectivity index (χ4v) is 5.27. The molecule has 1 atom stereocenters. The van der Waals surface area contributed by atoms with E-state index in [-0.39, 0.29) is 17.9 Å². The smallest absolute Gasteiger partial charge is 0.414 e. The topological polar surface area (TPSA) is 95.1 Å². The van der Waals surface area contributed by atoms with Gasteiger partial charge in [0.05, 0.1) is 0 Å². The van der Waals surface area contributed by atoms with E-state index in [1.54, 1.807) is 4.57 Å². The van der Waals surface area contributed by atoms with Gasteiger partial charge < -0.3 is 29.2 Å². The van der Waals surface area contributed by atoms with Crippen molar-refractivity contribution in [3.8, 4) is 17.5 Å². The number of aromatic nitrogens is 2. The summed E-state index contributed by atoms with van der Waals surface area (Å²) in [7, 11) is 0. The quantitative estimate of drug-likeness (QED) is 0.175. The number of hydrogen-bond acceptors (Lipinski definition) is 8. The molecule has 0 spiro atoms. The van der Waals surface area contributed by atoms with E-state index in [0.717, 1.165) is 49.8 Å². The van der Waals surface area contributed by atoms with Crippen LogP contribution < -0.4 is 19.1 Å². The number of nitrogens with zero attached hydrogens (tertiary/aromatic N) is 5. The lowest BCUT2D eigenvalue weighted by molar-refractivity contribution is -0.389. The highest BCUT2D eigenvalue weighted by Crippen LogP contribution is 2.26. The second-order valence-corrected chi connectivity index (χ2v) is 10.9. The molecule has 1 fully saturated rings. The van der Waals surface area contributed by atoms with Crippen molar-refractivity contribution < 1.29 is 19.1 Å². The third kappa shape index (κ3) is 6.95. The first-order chi connectivity index (χ1) is 20.5. The number of hydrogen-bond donors (Lipinski definition) is 0. The third-order valence-corrected chi connectivity index (χ3v) is 7.79. The van der Waals surface area contributed by atoms with Gasteiger partial charge in [0.1, 0.15) is 37.0 Å². The Morgan fingerprint density at radius 1 is 0.881 bits per heavy atom. The number of anilines is 1. The van der Waals surface area contributed by atoms with Crippen molar-refractivity contribution in [2.75, 3.05) is 37.7 Å². The number of rotatable bonds is 10. The standard InChI is InChI=1S/C31H32ClN5O5/c32-25-5-9-27(10-6-25)40-21-24-3-1-23(2-4-24)19-34-15-17-35(18-16-34)26-7-11-28(12-8-26)41-22-29-13-14-36-20-30(37(38)39)33-31(36)42-29/h1-12,20,29H,13-19,21-22H2/t29-/m0/s1. The summed E-state index contributed by atoms with van der Waals surface area (Å²) in [5.74, 6) is 1.38. The maximum atomic E-state index is 11.0. The van der Waals surface area contributed by atoms with E-state index >= 15 is 0 Å². The monoisotopic (exact) mass is 589 g/mol. The van der Waals surface area contributed by atoms with E-state index in [0.29, 0.717) is 31.2 Å². The van der Waals surface area contributed by atoms with Gasteiger partial charge in [0.15, 0.2) is 0 Å². The summed E-state index contributed by atoms with van der Waals surface area (Å²) < 4.78 is 19.3. The summed E-state index contributed by atoms with van der Waals surface area (Å²) in [6.45, 7) is 6.33. The molecule has 0 amide bonds. The molecule has 3 aromatic carbocycles. The Balaban J connectivity index is 0.923. The van der Waals surface area contributed by atoms with E-state index in [9.17, 15) is 10.1 Å². The zero-order valence-electron chi connectivity index (χ0n) is 23.1. The average Bonchev–Trinajstić information content (AvgIpc) is 3.45. The molecule has 3 heterocycles. The molecule has 11 heteroatoms.